The number of likely N-dealkylation sites (tertiary alicyclic amines) is 1. The second kappa shape index (κ2) is 9.72. The molecule has 4 aromatic rings. The van der Waals surface area contributed by atoms with E-state index in [1.165, 1.54) is 0 Å². The summed E-state index contributed by atoms with van der Waals surface area (Å²) in [6.45, 7) is 0.930. The number of carbonyl (C=O) groups excluding carboxylic acids is 1. The molecule has 3 aromatic carbocycles. The number of aliphatic hydroxyl groups is 1. The SMILES string of the molecule is O=C(c1ccc(NS(=O)(=O)c2cccc3cnccc23)cc1)N1CCC(O)(Cc2ccccc2)CC1. The maximum Gasteiger partial charge on any atom is 0.262 e. The fourth-order valence-corrected chi connectivity index (χ4v) is 5.97. The molecule has 1 aromatic heterocycles. The number of sulfonamides is 1. The van der Waals surface area contributed by atoms with E-state index in [9.17, 15) is 18.3 Å². The lowest BCUT2D eigenvalue weighted by molar-refractivity contribution is -0.0162. The first-order valence-corrected chi connectivity index (χ1v) is 13.3. The molecule has 0 atom stereocenters. The Bertz CT molecular complexity index is 1480. The highest BCUT2D eigenvalue weighted by Crippen LogP contribution is 2.28. The van der Waals surface area contributed by atoms with Gasteiger partial charge in [-0.15, -0.1) is 0 Å². The predicted octanol–water partition coefficient (Wildman–Crippen LogP) is 4.25. The van der Waals surface area contributed by atoms with Gasteiger partial charge in [-0.25, -0.2) is 8.42 Å². The Morgan fingerprint density at radius 1 is 0.944 bits per heavy atom. The minimum Gasteiger partial charge on any atom is -0.389 e. The van der Waals surface area contributed by atoms with Gasteiger partial charge in [-0.1, -0.05) is 42.5 Å². The normalized spacial score (nSPS) is 15.5. The van der Waals surface area contributed by atoms with Crippen molar-refractivity contribution in [1.82, 2.24) is 9.88 Å². The second-order valence-electron chi connectivity index (χ2n) is 9.21. The maximum absolute atomic E-state index is 13.0. The molecule has 8 heteroatoms. The third kappa shape index (κ3) is 5.10. The van der Waals surface area contributed by atoms with Gasteiger partial charge >= 0.3 is 0 Å². The number of rotatable bonds is 6. The number of piperidine rings is 1. The quantitative estimate of drug-likeness (QED) is 0.412. The number of nitrogens with one attached hydrogen (secondary N) is 1. The molecule has 0 spiro atoms. The van der Waals surface area contributed by atoms with Gasteiger partial charge in [0.05, 0.1) is 10.5 Å². The first-order valence-electron chi connectivity index (χ1n) is 11.8. The van der Waals surface area contributed by atoms with Gasteiger partial charge in [0.15, 0.2) is 0 Å². The Morgan fingerprint density at radius 3 is 2.39 bits per heavy atom. The zero-order valence-electron chi connectivity index (χ0n) is 19.7. The number of hydrogen-bond donors (Lipinski definition) is 2. The van der Waals surface area contributed by atoms with Gasteiger partial charge in [-0.05, 0) is 54.8 Å². The van der Waals surface area contributed by atoms with Crippen LogP contribution in [0.2, 0.25) is 0 Å². The Labute approximate surface area is 210 Å². The topological polar surface area (TPSA) is 99.6 Å². The number of aromatic nitrogens is 1. The van der Waals surface area contributed by atoms with Crippen molar-refractivity contribution in [3.63, 3.8) is 0 Å². The summed E-state index contributed by atoms with van der Waals surface area (Å²) in [6, 6.07) is 23.0. The Hall–Kier alpha value is -3.75. The summed E-state index contributed by atoms with van der Waals surface area (Å²) in [5.41, 5.74) is 1.10. The zero-order chi connectivity index (χ0) is 25.2. The van der Waals surface area contributed by atoms with Gasteiger partial charge in [-0.3, -0.25) is 14.5 Å². The third-order valence-electron chi connectivity index (χ3n) is 6.67. The summed E-state index contributed by atoms with van der Waals surface area (Å²) >= 11 is 0. The molecule has 2 heterocycles. The van der Waals surface area contributed by atoms with E-state index in [0.717, 1.165) is 10.9 Å². The summed E-state index contributed by atoms with van der Waals surface area (Å²) in [7, 11) is -3.83. The molecule has 1 aliphatic heterocycles. The van der Waals surface area contributed by atoms with Crippen LogP contribution in [0.5, 0.6) is 0 Å². The van der Waals surface area contributed by atoms with E-state index < -0.39 is 15.6 Å². The van der Waals surface area contributed by atoms with Gasteiger partial charge in [-0.2, -0.15) is 0 Å². The van der Waals surface area contributed by atoms with Crippen molar-refractivity contribution in [2.75, 3.05) is 17.8 Å². The molecule has 36 heavy (non-hydrogen) atoms. The van der Waals surface area contributed by atoms with Crippen LogP contribution in [0.1, 0.15) is 28.8 Å². The van der Waals surface area contributed by atoms with Crippen LogP contribution in [0.25, 0.3) is 10.8 Å². The smallest absolute Gasteiger partial charge is 0.262 e. The van der Waals surface area contributed by atoms with Gasteiger partial charge in [0, 0.05) is 53.9 Å². The van der Waals surface area contributed by atoms with Crippen LogP contribution in [-0.2, 0) is 16.4 Å². The van der Waals surface area contributed by atoms with E-state index in [2.05, 4.69) is 9.71 Å². The molecule has 0 unspecified atom stereocenters. The molecule has 1 amide bonds. The highest BCUT2D eigenvalue weighted by molar-refractivity contribution is 7.93. The zero-order valence-corrected chi connectivity index (χ0v) is 20.5. The van der Waals surface area contributed by atoms with E-state index in [4.69, 9.17) is 0 Å². The third-order valence-corrected chi connectivity index (χ3v) is 8.11. The number of amides is 1. The van der Waals surface area contributed by atoms with Crippen LogP contribution >= 0.6 is 0 Å². The first kappa shape index (κ1) is 24.0. The molecule has 7 nitrogen and oxygen atoms in total. The van der Waals surface area contributed by atoms with Crippen LogP contribution in [0, 0.1) is 0 Å². The monoisotopic (exact) mass is 501 g/mol. The highest BCUT2D eigenvalue weighted by atomic mass is 32.2. The number of anilines is 1. The molecule has 1 fully saturated rings. The number of fused-ring (bicyclic) bond motifs is 1. The largest absolute Gasteiger partial charge is 0.389 e. The molecule has 5 rings (SSSR count). The summed E-state index contributed by atoms with van der Waals surface area (Å²) in [5, 5.41) is 12.3. The summed E-state index contributed by atoms with van der Waals surface area (Å²) < 4.78 is 28.7. The standard InChI is InChI=1S/C28H27N3O4S/c32-27(31-17-14-28(33,15-18-31)19-21-5-2-1-3-6-21)22-9-11-24(12-10-22)30-36(34,35)26-8-4-7-23-20-29-16-13-25(23)26/h1-13,16,20,30,33H,14-15,17-19H2. The molecular weight excluding hydrogens is 474 g/mol. The van der Waals surface area contributed by atoms with Crippen molar-refractivity contribution in [3.05, 3.63) is 102 Å². The lowest BCUT2D eigenvalue weighted by Gasteiger charge is -2.38. The van der Waals surface area contributed by atoms with Crippen LogP contribution in [0.3, 0.4) is 0 Å². The molecule has 0 radical (unpaired) electrons. The van der Waals surface area contributed by atoms with Crippen molar-refractivity contribution in [1.29, 1.82) is 0 Å². The Balaban J connectivity index is 1.24. The molecular formula is C28H27N3O4S. The molecule has 0 saturated carbocycles. The van der Waals surface area contributed by atoms with Gasteiger partial charge < -0.3 is 10.0 Å². The molecule has 0 aliphatic carbocycles. The number of benzene rings is 3. The van der Waals surface area contributed by atoms with Crippen molar-refractivity contribution < 1.29 is 18.3 Å². The average Bonchev–Trinajstić information content (AvgIpc) is 2.89. The van der Waals surface area contributed by atoms with E-state index in [0.29, 0.717) is 49.0 Å². The number of pyridine rings is 1. The van der Waals surface area contributed by atoms with Gasteiger partial charge in [0.1, 0.15) is 0 Å². The summed E-state index contributed by atoms with van der Waals surface area (Å²) in [6.07, 6.45) is 4.76. The second-order valence-corrected chi connectivity index (χ2v) is 10.9. The number of carbonyl (C=O) groups is 1. The minimum absolute atomic E-state index is 0.132. The van der Waals surface area contributed by atoms with Crippen molar-refractivity contribution >= 4 is 32.4 Å². The minimum atomic E-state index is -3.83. The van der Waals surface area contributed by atoms with Crippen molar-refractivity contribution in [2.24, 2.45) is 0 Å². The summed E-state index contributed by atoms with van der Waals surface area (Å²) in [4.78, 5) is 19.0. The van der Waals surface area contributed by atoms with E-state index in [1.54, 1.807) is 59.8 Å². The lowest BCUT2D eigenvalue weighted by atomic mass is 9.85. The highest BCUT2D eigenvalue weighted by Gasteiger charge is 2.34. The fourth-order valence-electron chi connectivity index (χ4n) is 4.68. The first-order chi connectivity index (χ1) is 17.3. The molecule has 2 N–H and O–H groups in total. The predicted molar refractivity (Wildman–Crippen MR) is 139 cm³/mol. The fraction of sp³-hybridized carbons (Fsp3) is 0.214. The van der Waals surface area contributed by atoms with Crippen molar-refractivity contribution in [3.8, 4) is 0 Å². The Kier molecular flexibility index (Phi) is 6.47. The van der Waals surface area contributed by atoms with Crippen LogP contribution in [0.4, 0.5) is 5.69 Å². The Morgan fingerprint density at radius 2 is 1.67 bits per heavy atom. The molecule has 184 valence electrons. The number of hydrogen-bond acceptors (Lipinski definition) is 5. The summed E-state index contributed by atoms with van der Waals surface area (Å²) in [5.74, 6) is -0.132. The van der Waals surface area contributed by atoms with E-state index in [1.807, 2.05) is 36.4 Å². The molecule has 1 saturated heterocycles. The van der Waals surface area contributed by atoms with Crippen LogP contribution in [0.15, 0.2) is 96.2 Å². The van der Waals surface area contributed by atoms with Crippen LogP contribution in [-0.4, -0.2) is 48.0 Å². The van der Waals surface area contributed by atoms with Gasteiger partial charge in [0.25, 0.3) is 15.9 Å². The average molecular weight is 502 g/mol. The molecule has 1 aliphatic rings. The van der Waals surface area contributed by atoms with E-state index >= 15 is 0 Å². The van der Waals surface area contributed by atoms with Crippen molar-refractivity contribution in [2.45, 2.75) is 29.8 Å². The van der Waals surface area contributed by atoms with Gasteiger partial charge in [0.2, 0.25) is 0 Å². The van der Waals surface area contributed by atoms with E-state index in [-0.39, 0.29) is 10.8 Å². The van der Waals surface area contributed by atoms with Crippen LogP contribution < -0.4 is 4.72 Å². The maximum atomic E-state index is 13.0. The number of nitrogens with zero attached hydrogens (tertiary/aromatic N) is 2. The lowest BCUT2D eigenvalue weighted by Crippen LogP contribution is -2.47. The molecule has 0 bridgehead atoms.